The minimum absolute atomic E-state index is 0.109. The number of benzene rings is 1. The third kappa shape index (κ3) is 4.11. The van der Waals surface area contributed by atoms with E-state index in [-0.39, 0.29) is 6.61 Å². The smallest absolute Gasteiger partial charge is 0.342 e. The average Bonchev–Trinajstić information content (AvgIpc) is 3.28. The maximum absolute atomic E-state index is 12.2. The van der Waals surface area contributed by atoms with Crippen LogP contribution in [0.3, 0.4) is 0 Å². The number of carbonyl (C=O) groups is 1. The highest BCUT2D eigenvalue weighted by atomic mass is 32.1. The number of esters is 1. The van der Waals surface area contributed by atoms with Gasteiger partial charge >= 0.3 is 5.97 Å². The monoisotopic (exact) mass is 387 g/mol. The number of nitrogens with zero attached hydrogens (tertiary/aromatic N) is 3. The van der Waals surface area contributed by atoms with Gasteiger partial charge in [-0.05, 0) is 32.0 Å². The highest BCUT2D eigenvalue weighted by Crippen LogP contribution is 2.33. The van der Waals surface area contributed by atoms with Crippen molar-refractivity contribution in [3.63, 3.8) is 0 Å². The molecule has 2 heterocycles. The zero-order chi connectivity index (χ0) is 19.4. The molecule has 3 rings (SSSR count). The van der Waals surface area contributed by atoms with Crippen LogP contribution in [0.15, 0.2) is 29.8 Å². The van der Waals surface area contributed by atoms with Crippen LogP contribution in [0.25, 0.3) is 10.6 Å². The van der Waals surface area contributed by atoms with Crippen molar-refractivity contribution in [3.05, 3.63) is 46.7 Å². The van der Waals surface area contributed by atoms with E-state index in [4.69, 9.17) is 14.2 Å². The van der Waals surface area contributed by atoms with Gasteiger partial charge in [0.2, 0.25) is 0 Å². The van der Waals surface area contributed by atoms with Crippen LogP contribution in [0, 0.1) is 6.92 Å². The van der Waals surface area contributed by atoms with E-state index in [1.807, 2.05) is 37.4 Å². The normalized spacial score (nSPS) is 10.7. The van der Waals surface area contributed by atoms with Crippen LogP contribution in [-0.2, 0) is 18.4 Å². The molecule has 0 N–H and O–H groups in total. The summed E-state index contributed by atoms with van der Waals surface area (Å²) in [6, 6.07) is 5.68. The first-order valence-corrected chi connectivity index (χ1v) is 9.32. The number of ether oxygens (including phenoxy) is 3. The van der Waals surface area contributed by atoms with E-state index in [2.05, 4.69) is 10.1 Å². The lowest BCUT2D eigenvalue weighted by molar-refractivity contribution is 0.0467. The summed E-state index contributed by atoms with van der Waals surface area (Å²) in [7, 11) is 3.39. The molecular formula is C19H21N3O4S. The number of hydrogen-bond donors (Lipinski definition) is 0. The maximum atomic E-state index is 12.2. The molecule has 0 bridgehead atoms. The van der Waals surface area contributed by atoms with Crippen molar-refractivity contribution in [2.45, 2.75) is 20.5 Å². The predicted molar refractivity (Wildman–Crippen MR) is 102 cm³/mol. The minimum atomic E-state index is -0.405. The highest BCUT2D eigenvalue weighted by molar-refractivity contribution is 7.13. The van der Waals surface area contributed by atoms with E-state index in [1.54, 1.807) is 18.8 Å². The Morgan fingerprint density at radius 1 is 1.30 bits per heavy atom. The number of hydrogen-bond acceptors (Lipinski definition) is 7. The van der Waals surface area contributed by atoms with Crippen LogP contribution in [0.4, 0.5) is 0 Å². The van der Waals surface area contributed by atoms with Gasteiger partial charge in [0.1, 0.15) is 17.2 Å². The lowest BCUT2D eigenvalue weighted by atomic mass is 10.2. The second kappa shape index (κ2) is 8.22. The maximum Gasteiger partial charge on any atom is 0.342 e. The molecule has 8 heteroatoms. The summed E-state index contributed by atoms with van der Waals surface area (Å²) in [5, 5.41) is 6.75. The Morgan fingerprint density at radius 2 is 2.11 bits per heavy atom. The number of aryl methyl sites for hydroxylation is 1. The molecule has 0 aliphatic heterocycles. The van der Waals surface area contributed by atoms with E-state index >= 15 is 0 Å². The van der Waals surface area contributed by atoms with Gasteiger partial charge in [-0.1, -0.05) is 0 Å². The Morgan fingerprint density at radius 3 is 2.78 bits per heavy atom. The molecule has 1 aromatic carbocycles. The molecule has 0 atom stereocenters. The summed E-state index contributed by atoms with van der Waals surface area (Å²) < 4.78 is 17.9. The van der Waals surface area contributed by atoms with Gasteiger partial charge in [0.25, 0.3) is 0 Å². The van der Waals surface area contributed by atoms with Crippen molar-refractivity contribution >= 4 is 17.3 Å². The molecule has 2 aromatic heterocycles. The molecule has 0 radical (unpaired) electrons. The number of carbonyl (C=O) groups excluding carboxylic acids is 1. The molecule has 0 amide bonds. The summed E-state index contributed by atoms with van der Waals surface area (Å²) in [6.07, 6.45) is 1.51. The van der Waals surface area contributed by atoms with Gasteiger partial charge in [-0.15, -0.1) is 11.3 Å². The fraction of sp³-hybridized carbons (Fsp3) is 0.316. The van der Waals surface area contributed by atoms with Crippen LogP contribution in [0.1, 0.15) is 28.7 Å². The van der Waals surface area contributed by atoms with Crippen LogP contribution in [0.2, 0.25) is 0 Å². The molecular weight excluding hydrogens is 366 g/mol. The van der Waals surface area contributed by atoms with Gasteiger partial charge in [-0.2, -0.15) is 5.10 Å². The van der Waals surface area contributed by atoms with Gasteiger partial charge in [0.15, 0.2) is 11.5 Å². The molecule has 0 spiro atoms. The number of aromatic nitrogens is 3. The fourth-order valence-corrected chi connectivity index (χ4v) is 3.30. The summed E-state index contributed by atoms with van der Waals surface area (Å²) in [5.41, 5.74) is 2.84. The number of rotatable bonds is 7. The van der Waals surface area contributed by atoms with E-state index in [1.165, 1.54) is 17.5 Å². The van der Waals surface area contributed by atoms with Crippen LogP contribution >= 0.6 is 11.3 Å². The summed E-state index contributed by atoms with van der Waals surface area (Å²) in [6.45, 7) is 4.43. The lowest BCUT2D eigenvalue weighted by Crippen LogP contribution is -2.07. The third-order valence-corrected chi connectivity index (χ3v) is 5.01. The number of thiazole rings is 1. The van der Waals surface area contributed by atoms with Crippen LogP contribution in [0.5, 0.6) is 11.5 Å². The molecule has 0 saturated heterocycles. The zero-order valence-corrected chi connectivity index (χ0v) is 16.5. The van der Waals surface area contributed by atoms with Crippen molar-refractivity contribution < 1.29 is 19.0 Å². The summed E-state index contributed by atoms with van der Waals surface area (Å²) in [4.78, 5) is 16.7. The predicted octanol–water partition coefficient (Wildman–Crippen LogP) is 3.62. The van der Waals surface area contributed by atoms with Crippen LogP contribution < -0.4 is 9.47 Å². The number of methoxy groups -OCH3 is 1. The molecule has 0 unspecified atom stereocenters. The van der Waals surface area contributed by atoms with Crippen molar-refractivity contribution in [1.82, 2.24) is 14.8 Å². The average molecular weight is 387 g/mol. The molecule has 0 aliphatic carbocycles. The quantitative estimate of drug-likeness (QED) is 0.577. The second-order valence-corrected chi connectivity index (χ2v) is 6.64. The molecule has 0 saturated carbocycles. The summed E-state index contributed by atoms with van der Waals surface area (Å²) in [5.74, 6) is 0.948. The first kappa shape index (κ1) is 18.9. The third-order valence-electron chi connectivity index (χ3n) is 4.07. The Labute approximate surface area is 161 Å². The van der Waals surface area contributed by atoms with Crippen LogP contribution in [-0.4, -0.2) is 34.5 Å². The van der Waals surface area contributed by atoms with Gasteiger partial charge in [-0.25, -0.2) is 9.78 Å². The molecule has 0 aliphatic rings. The van der Waals surface area contributed by atoms with E-state index in [0.717, 1.165) is 16.3 Å². The first-order valence-electron chi connectivity index (χ1n) is 8.44. The van der Waals surface area contributed by atoms with Gasteiger partial charge < -0.3 is 14.2 Å². The van der Waals surface area contributed by atoms with Crippen molar-refractivity contribution in [1.29, 1.82) is 0 Å². The molecule has 142 valence electrons. The SMILES string of the molecule is CCOc1ccc(-c2nc(COC(=O)c3cnn(C)c3C)cs2)cc1OC. The fourth-order valence-electron chi connectivity index (χ4n) is 2.50. The van der Waals surface area contributed by atoms with Crippen molar-refractivity contribution in [2.24, 2.45) is 7.05 Å². The lowest BCUT2D eigenvalue weighted by Gasteiger charge is -2.09. The Balaban J connectivity index is 1.70. The van der Waals surface area contributed by atoms with E-state index in [9.17, 15) is 4.79 Å². The molecule has 7 nitrogen and oxygen atoms in total. The Kier molecular flexibility index (Phi) is 5.75. The minimum Gasteiger partial charge on any atom is -0.493 e. The Hall–Kier alpha value is -2.87. The van der Waals surface area contributed by atoms with Gasteiger partial charge in [0.05, 0.1) is 25.6 Å². The molecule has 0 fully saturated rings. The van der Waals surface area contributed by atoms with Gasteiger partial charge in [-0.3, -0.25) is 4.68 Å². The second-order valence-electron chi connectivity index (χ2n) is 5.79. The van der Waals surface area contributed by atoms with E-state index in [0.29, 0.717) is 29.4 Å². The van der Waals surface area contributed by atoms with E-state index < -0.39 is 5.97 Å². The zero-order valence-electron chi connectivity index (χ0n) is 15.7. The largest absolute Gasteiger partial charge is 0.493 e. The Bertz CT molecular complexity index is 948. The van der Waals surface area contributed by atoms with Crippen molar-refractivity contribution in [2.75, 3.05) is 13.7 Å². The molecule has 3 aromatic rings. The standard InChI is InChI=1S/C19H21N3O4S/c1-5-25-16-7-6-13(8-17(16)24-4)18-21-14(11-27-18)10-26-19(23)15-9-20-22(3)12(15)2/h6-9,11H,5,10H2,1-4H3. The first-order chi connectivity index (χ1) is 13.0. The van der Waals surface area contributed by atoms with Gasteiger partial charge in [0, 0.05) is 23.7 Å². The topological polar surface area (TPSA) is 75.5 Å². The molecule has 27 heavy (non-hydrogen) atoms. The highest BCUT2D eigenvalue weighted by Gasteiger charge is 2.15. The van der Waals surface area contributed by atoms with Crippen molar-refractivity contribution in [3.8, 4) is 22.1 Å². The summed E-state index contributed by atoms with van der Waals surface area (Å²) >= 11 is 1.48.